The fourth-order valence-corrected chi connectivity index (χ4v) is 3.67. The minimum Gasteiger partial charge on any atom is -0.208 e. The maximum absolute atomic E-state index is 12.2. The van der Waals surface area contributed by atoms with Crippen LogP contribution in [0.15, 0.2) is 17.0 Å². The lowest BCUT2D eigenvalue weighted by Crippen LogP contribution is -2.32. The van der Waals surface area contributed by atoms with Gasteiger partial charge in [-0.25, -0.2) is 13.1 Å². The van der Waals surface area contributed by atoms with Crippen molar-refractivity contribution in [2.24, 2.45) is 0 Å². The fraction of sp³-hybridized carbons (Fsp3) is 0.538. The van der Waals surface area contributed by atoms with Gasteiger partial charge in [0.15, 0.2) is 0 Å². The molecule has 0 heterocycles. The first-order valence-electron chi connectivity index (χ1n) is 6.07. The summed E-state index contributed by atoms with van der Waals surface area (Å²) >= 11 is 5.98. The molecule has 5 heteroatoms. The molecule has 0 aliphatic carbocycles. The van der Waals surface area contributed by atoms with E-state index in [0.717, 1.165) is 18.4 Å². The molecule has 0 fully saturated rings. The highest BCUT2D eigenvalue weighted by molar-refractivity contribution is 7.89. The SMILES string of the molecule is CCCC(C)NS(=O)(=O)c1cc(C)c(Cl)cc1C. The van der Waals surface area contributed by atoms with Gasteiger partial charge in [0.1, 0.15) is 0 Å². The molecule has 0 aliphatic rings. The number of halogens is 1. The maximum Gasteiger partial charge on any atom is 0.241 e. The van der Waals surface area contributed by atoms with Gasteiger partial charge in [-0.15, -0.1) is 0 Å². The first-order valence-corrected chi connectivity index (χ1v) is 7.93. The molecule has 18 heavy (non-hydrogen) atoms. The standard InChI is InChI=1S/C13H20ClNO2S/c1-5-6-11(4)15-18(16,17)13-8-9(2)12(14)7-10(13)3/h7-8,11,15H,5-6H2,1-4H3. The number of sulfonamides is 1. The van der Waals surface area contributed by atoms with Crippen molar-refractivity contribution in [3.63, 3.8) is 0 Å². The van der Waals surface area contributed by atoms with Crippen LogP contribution in [0.4, 0.5) is 0 Å². The van der Waals surface area contributed by atoms with Gasteiger partial charge in [-0.1, -0.05) is 24.9 Å². The Morgan fingerprint density at radius 2 is 1.89 bits per heavy atom. The molecule has 0 saturated heterocycles. The van der Waals surface area contributed by atoms with E-state index < -0.39 is 10.0 Å². The predicted octanol–water partition coefficient (Wildman–Crippen LogP) is 3.42. The van der Waals surface area contributed by atoms with Crippen LogP contribution in [0.25, 0.3) is 0 Å². The number of rotatable bonds is 5. The summed E-state index contributed by atoms with van der Waals surface area (Å²) in [5.41, 5.74) is 1.44. The minimum absolute atomic E-state index is 0.0598. The van der Waals surface area contributed by atoms with Crippen molar-refractivity contribution in [2.75, 3.05) is 0 Å². The molecular weight excluding hydrogens is 270 g/mol. The quantitative estimate of drug-likeness (QED) is 0.903. The number of hydrogen-bond acceptors (Lipinski definition) is 2. The molecule has 1 unspecified atom stereocenters. The van der Waals surface area contributed by atoms with E-state index in [1.807, 2.05) is 13.8 Å². The van der Waals surface area contributed by atoms with E-state index in [2.05, 4.69) is 4.72 Å². The van der Waals surface area contributed by atoms with Crippen LogP contribution in [-0.2, 0) is 10.0 Å². The fourth-order valence-electron chi connectivity index (χ4n) is 1.86. The van der Waals surface area contributed by atoms with Gasteiger partial charge < -0.3 is 0 Å². The molecule has 0 aliphatic heterocycles. The molecule has 3 nitrogen and oxygen atoms in total. The highest BCUT2D eigenvalue weighted by Gasteiger charge is 2.20. The molecule has 0 bridgehead atoms. The molecule has 0 radical (unpaired) electrons. The van der Waals surface area contributed by atoms with E-state index >= 15 is 0 Å². The third-order valence-electron chi connectivity index (χ3n) is 2.82. The Balaban J connectivity index is 3.09. The van der Waals surface area contributed by atoms with Gasteiger partial charge in [-0.2, -0.15) is 0 Å². The Morgan fingerprint density at radius 1 is 1.28 bits per heavy atom. The molecule has 1 atom stereocenters. The lowest BCUT2D eigenvalue weighted by molar-refractivity contribution is 0.543. The second-order valence-electron chi connectivity index (χ2n) is 4.68. The summed E-state index contributed by atoms with van der Waals surface area (Å²) in [6.07, 6.45) is 1.77. The van der Waals surface area contributed by atoms with Crippen LogP contribution in [0.1, 0.15) is 37.8 Å². The monoisotopic (exact) mass is 289 g/mol. The molecule has 1 aromatic carbocycles. The normalized spacial score (nSPS) is 13.6. The van der Waals surface area contributed by atoms with Gasteiger partial charge in [-0.3, -0.25) is 0 Å². The summed E-state index contributed by atoms with van der Waals surface area (Å²) in [6, 6.07) is 3.25. The van der Waals surface area contributed by atoms with E-state index in [1.165, 1.54) is 0 Å². The number of hydrogen-bond donors (Lipinski definition) is 1. The summed E-state index contributed by atoms with van der Waals surface area (Å²) in [6.45, 7) is 7.46. The molecule has 1 rings (SSSR count). The number of nitrogens with one attached hydrogen (secondary N) is 1. The highest BCUT2D eigenvalue weighted by Crippen LogP contribution is 2.24. The zero-order chi connectivity index (χ0) is 13.9. The summed E-state index contributed by atoms with van der Waals surface area (Å²) in [5.74, 6) is 0. The van der Waals surface area contributed by atoms with Crippen LogP contribution in [0.5, 0.6) is 0 Å². The van der Waals surface area contributed by atoms with Crippen LogP contribution in [-0.4, -0.2) is 14.5 Å². The largest absolute Gasteiger partial charge is 0.241 e. The first-order chi connectivity index (χ1) is 8.27. The van der Waals surface area contributed by atoms with Crippen molar-refractivity contribution in [1.82, 2.24) is 4.72 Å². The average Bonchev–Trinajstić information content (AvgIpc) is 2.22. The molecule has 1 aromatic rings. The Bertz CT molecular complexity index is 526. The zero-order valence-corrected chi connectivity index (χ0v) is 12.8. The summed E-state index contributed by atoms with van der Waals surface area (Å²) < 4.78 is 27.2. The topological polar surface area (TPSA) is 46.2 Å². The first kappa shape index (κ1) is 15.5. The van der Waals surface area contributed by atoms with Gasteiger partial charge in [-0.05, 0) is 50.5 Å². The summed E-state index contributed by atoms with van der Waals surface area (Å²) in [4.78, 5) is 0.312. The smallest absolute Gasteiger partial charge is 0.208 e. The van der Waals surface area contributed by atoms with E-state index in [9.17, 15) is 8.42 Å². The highest BCUT2D eigenvalue weighted by atomic mass is 35.5. The summed E-state index contributed by atoms with van der Waals surface area (Å²) in [5, 5.41) is 0.591. The molecule has 102 valence electrons. The van der Waals surface area contributed by atoms with Crippen molar-refractivity contribution in [3.05, 3.63) is 28.3 Å². The maximum atomic E-state index is 12.2. The van der Waals surface area contributed by atoms with Crippen LogP contribution in [0, 0.1) is 13.8 Å². The van der Waals surface area contributed by atoms with Crippen LogP contribution in [0.2, 0.25) is 5.02 Å². The van der Waals surface area contributed by atoms with Crippen LogP contribution in [0.3, 0.4) is 0 Å². The summed E-state index contributed by atoms with van der Waals surface area (Å²) in [7, 11) is -3.46. The van der Waals surface area contributed by atoms with Crippen LogP contribution < -0.4 is 4.72 Å². The van der Waals surface area contributed by atoms with Crippen molar-refractivity contribution in [2.45, 2.75) is 51.5 Å². The second kappa shape index (κ2) is 6.04. The Labute approximate surface area is 115 Å². The minimum atomic E-state index is -3.46. The molecule has 0 aromatic heterocycles. The number of aryl methyl sites for hydroxylation is 2. The third kappa shape index (κ3) is 3.70. The van der Waals surface area contributed by atoms with E-state index in [-0.39, 0.29) is 6.04 Å². The Kier molecular flexibility index (Phi) is 5.20. The second-order valence-corrected chi connectivity index (χ2v) is 6.77. The van der Waals surface area contributed by atoms with E-state index in [0.29, 0.717) is 15.5 Å². The van der Waals surface area contributed by atoms with E-state index in [4.69, 9.17) is 11.6 Å². The molecule has 0 amide bonds. The van der Waals surface area contributed by atoms with Crippen molar-refractivity contribution < 1.29 is 8.42 Å². The zero-order valence-electron chi connectivity index (χ0n) is 11.2. The van der Waals surface area contributed by atoms with Gasteiger partial charge in [0.25, 0.3) is 0 Å². The van der Waals surface area contributed by atoms with Crippen LogP contribution >= 0.6 is 11.6 Å². The molecular formula is C13H20ClNO2S. The lowest BCUT2D eigenvalue weighted by atomic mass is 10.2. The molecule has 1 N–H and O–H groups in total. The van der Waals surface area contributed by atoms with Gasteiger partial charge in [0, 0.05) is 11.1 Å². The Hall–Kier alpha value is -0.580. The lowest BCUT2D eigenvalue weighted by Gasteiger charge is -2.15. The molecule has 0 saturated carbocycles. The van der Waals surface area contributed by atoms with E-state index in [1.54, 1.807) is 26.0 Å². The van der Waals surface area contributed by atoms with Gasteiger partial charge >= 0.3 is 0 Å². The van der Waals surface area contributed by atoms with Crippen molar-refractivity contribution in [1.29, 1.82) is 0 Å². The van der Waals surface area contributed by atoms with Crippen molar-refractivity contribution >= 4 is 21.6 Å². The average molecular weight is 290 g/mol. The van der Waals surface area contributed by atoms with Gasteiger partial charge in [0.05, 0.1) is 4.90 Å². The predicted molar refractivity (Wildman–Crippen MR) is 75.6 cm³/mol. The molecule has 0 spiro atoms. The van der Waals surface area contributed by atoms with Gasteiger partial charge in [0.2, 0.25) is 10.0 Å². The third-order valence-corrected chi connectivity index (χ3v) is 4.96. The van der Waals surface area contributed by atoms with Crippen molar-refractivity contribution in [3.8, 4) is 0 Å². The number of benzene rings is 1. The Morgan fingerprint density at radius 3 is 2.44 bits per heavy atom.